The molecule has 0 saturated carbocycles. The van der Waals surface area contributed by atoms with Crippen LogP contribution in [0.2, 0.25) is 18.1 Å². The Kier molecular flexibility index (Phi) is 7.51. The van der Waals surface area contributed by atoms with Gasteiger partial charge in [-0.25, -0.2) is 0 Å². The third kappa shape index (κ3) is 4.69. The van der Waals surface area contributed by atoms with Crippen LogP contribution in [-0.2, 0) is 10.8 Å². The number of aryl methyl sites for hydroxylation is 1. The van der Waals surface area contributed by atoms with Crippen molar-refractivity contribution in [1.29, 1.82) is 0 Å². The molecule has 1 unspecified atom stereocenters. The van der Waals surface area contributed by atoms with Gasteiger partial charge in [-0.3, -0.25) is 4.79 Å². The lowest BCUT2D eigenvalue weighted by Gasteiger charge is -2.41. The summed E-state index contributed by atoms with van der Waals surface area (Å²) < 4.78 is 12.3. The molecule has 0 bridgehead atoms. The van der Waals surface area contributed by atoms with Gasteiger partial charge >= 0.3 is 0 Å². The number of benzene rings is 1. The fourth-order valence-corrected chi connectivity index (χ4v) is 8.22. The number of carbonyl (C=O) groups is 1. The monoisotopic (exact) mass is 440 g/mol. The van der Waals surface area contributed by atoms with E-state index in [9.17, 15) is 4.79 Å². The van der Waals surface area contributed by atoms with E-state index >= 15 is 0 Å². The number of ether oxygens (including phenoxy) is 1. The quantitative estimate of drug-likeness (QED) is 0.313. The van der Waals surface area contributed by atoms with Crippen LogP contribution in [0.15, 0.2) is 41.7 Å². The van der Waals surface area contributed by atoms with Gasteiger partial charge in [0.1, 0.15) is 5.75 Å². The van der Waals surface area contributed by atoms with E-state index in [2.05, 4.69) is 41.2 Å². The Morgan fingerprint density at radius 2 is 1.84 bits per heavy atom. The van der Waals surface area contributed by atoms with Gasteiger partial charge in [-0.05, 0) is 92.4 Å². The van der Waals surface area contributed by atoms with Crippen molar-refractivity contribution >= 4 is 14.1 Å². The van der Waals surface area contributed by atoms with Gasteiger partial charge in [0.2, 0.25) is 8.32 Å². The van der Waals surface area contributed by atoms with Crippen molar-refractivity contribution in [2.24, 2.45) is 17.8 Å². The number of fused-ring (bicyclic) bond motifs is 1. The minimum Gasteiger partial charge on any atom is -0.547 e. The Morgan fingerprint density at radius 1 is 1.16 bits per heavy atom. The van der Waals surface area contributed by atoms with E-state index in [4.69, 9.17) is 9.16 Å². The molecule has 1 aromatic carbocycles. The second-order valence-corrected chi connectivity index (χ2v) is 14.3. The van der Waals surface area contributed by atoms with Gasteiger partial charge in [0.15, 0.2) is 5.78 Å². The molecule has 0 fully saturated rings. The molecule has 31 heavy (non-hydrogen) atoms. The second-order valence-electron chi connectivity index (χ2n) is 9.57. The number of ketones is 1. The Bertz CT molecular complexity index is 857. The lowest BCUT2D eigenvalue weighted by atomic mass is 9.67. The highest BCUT2D eigenvalue weighted by atomic mass is 28.4. The molecule has 0 radical (unpaired) electrons. The molecule has 2 aliphatic rings. The molecule has 170 valence electrons. The van der Waals surface area contributed by atoms with Crippen molar-refractivity contribution < 1.29 is 14.0 Å². The van der Waals surface area contributed by atoms with Gasteiger partial charge in [-0.1, -0.05) is 32.9 Å². The van der Waals surface area contributed by atoms with E-state index in [1.807, 2.05) is 18.2 Å². The zero-order valence-corrected chi connectivity index (χ0v) is 21.3. The molecule has 0 aliphatic heterocycles. The van der Waals surface area contributed by atoms with Gasteiger partial charge in [-0.2, -0.15) is 0 Å². The topological polar surface area (TPSA) is 35.5 Å². The van der Waals surface area contributed by atoms with Crippen molar-refractivity contribution in [2.45, 2.75) is 78.4 Å². The minimum atomic E-state index is -1.76. The number of allylic oxidation sites excluding steroid dienone is 3. The standard InChI is InChI=1S/C27H40O3Si/c1-8-31(9-2,10-3)30-26-17-21(18(4)5)16-25(19(26)6)24-13-11-20-15-22(29-7)12-14-23(20)27(24)28/h12,14-15,21,24-25H,4,8-11,13,16-17H2,1-3,5-7H3/t21-,24?,25-/m1/s1. The molecule has 2 aliphatic carbocycles. The molecule has 3 nitrogen and oxygen atoms in total. The zero-order chi connectivity index (χ0) is 22.8. The Hall–Kier alpha value is -1.81. The van der Waals surface area contributed by atoms with Crippen LogP contribution in [0.5, 0.6) is 5.75 Å². The van der Waals surface area contributed by atoms with Gasteiger partial charge in [0.25, 0.3) is 0 Å². The molecule has 0 heterocycles. The number of methoxy groups -OCH3 is 1. The predicted molar refractivity (Wildman–Crippen MR) is 131 cm³/mol. The minimum absolute atomic E-state index is 0.0302. The van der Waals surface area contributed by atoms with Crippen molar-refractivity contribution in [3.63, 3.8) is 0 Å². The number of hydrogen-bond acceptors (Lipinski definition) is 3. The first-order chi connectivity index (χ1) is 14.8. The van der Waals surface area contributed by atoms with E-state index in [1.54, 1.807) is 7.11 Å². The number of Topliss-reactive ketones (excluding diaryl/α,β-unsaturated/α-hetero) is 1. The molecule has 1 aromatic rings. The molecule has 0 spiro atoms. The Morgan fingerprint density at radius 3 is 2.42 bits per heavy atom. The van der Waals surface area contributed by atoms with Crippen LogP contribution in [0.3, 0.4) is 0 Å². The van der Waals surface area contributed by atoms with Gasteiger partial charge in [0, 0.05) is 17.9 Å². The summed E-state index contributed by atoms with van der Waals surface area (Å²) in [6.45, 7) is 15.5. The lowest BCUT2D eigenvalue weighted by Crippen LogP contribution is -2.39. The number of hydrogen-bond donors (Lipinski definition) is 0. The van der Waals surface area contributed by atoms with Gasteiger partial charge in [0.05, 0.1) is 12.9 Å². The average Bonchev–Trinajstić information content (AvgIpc) is 2.78. The van der Waals surface area contributed by atoms with Crippen molar-refractivity contribution in [3.8, 4) is 5.75 Å². The largest absolute Gasteiger partial charge is 0.547 e. The van der Waals surface area contributed by atoms with E-state index < -0.39 is 8.32 Å². The average molecular weight is 441 g/mol. The van der Waals surface area contributed by atoms with Crippen LogP contribution >= 0.6 is 0 Å². The highest BCUT2D eigenvalue weighted by Crippen LogP contribution is 2.46. The van der Waals surface area contributed by atoms with Crippen LogP contribution < -0.4 is 4.74 Å². The van der Waals surface area contributed by atoms with Crippen LogP contribution in [0.1, 0.15) is 69.8 Å². The van der Waals surface area contributed by atoms with E-state index in [-0.39, 0.29) is 11.8 Å². The number of carbonyl (C=O) groups excluding carboxylic acids is 1. The van der Waals surface area contributed by atoms with Gasteiger partial charge < -0.3 is 9.16 Å². The summed E-state index contributed by atoms with van der Waals surface area (Å²) in [5.41, 5.74) is 4.54. The maximum atomic E-state index is 13.6. The normalized spacial score (nSPS) is 24.1. The zero-order valence-electron chi connectivity index (χ0n) is 20.3. The van der Waals surface area contributed by atoms with E-state index in [0.29, 0.717) is 11.7 Å². The molecule has 0 saturated heterocycles. The van der Waals surface area contributed by atoms with Crippen molar-refractivity contribution in [2.75, 3.05) is 7.11 Å². The summed E-state index contributed by atoms with van der Waals surface area (Å²) in [6, 6.07) is 9.31. The highest BCUT2D eigenvalue weighted by Gasteiger charge is 2.41. The first-order valence-electron chi connectivity index (χ1n) is 12.0. The summed E-state index contributed by atoms with van der Waals surface area (Å²) >= 11 is 0. The molecule has 3 rings (SSSR count). The summed E-state index contributed by atoms with van der Waals surface area (Å²) in [7, 11) is -0.0842. The first-order valence-corrected chi connectivity index (χ1v) is 14.6. The fraction of sp³-hybridized carbons (Fsp3) is 0.593. The third-order valence-corrected chi connectivity index (χ3v) is 12.6. The second kappa shape index (κ2) is 9.77. The maximum absolute atomic E-state index is 13.6. The smallest absolute Gasteiger partial charge is 0.250 e. The van der Waals surface area contributed by atoms with Crippen LogP contribution in [0.4, 0.5) is 0 Å². The predicted octanol–water partition coefficient (Wildman–Crippen LogP) is 7.34. The van der Waals surface area contributed by atoms with Crippen LogP contribution in [0, 0.1) is 17.8 Å². The first kappa shape index (κ1) is 23.8. The Balaban J connectivity index is 1.96. The van der Waals surface area contributed by atoms with Crippen LogP contribution in [0.25, 0.3) is 0 Å². The molecule has 0 aromatic heterocycles. The number of rotatable bonds is 8. The lowest BCUT2D eigenvalue weighted by molar-refractivity contribution is 0.0842. The van der Waals surface area contributed by atoms with Crippen LogP contribution in [-0.4, -0.2) is 21.2 Å². The molecule has 4 heteroatoms. The summed E-state index contributed by atoms with van der Waals surface area (Å²) in [4.78, 5) is 13.6. The van der Waals surface area contributed by atoms with Crippen molar-refractivity contribution in [3.05, 3.63) is 52.8 Å². The molecular weight excluding hydrogens is 400 g/mol. The molecule has 0 amide bonds. The highest BCUT2D eigenvalue weighted by molar-refractivity contribution is 6.73. The Labute approximate surface area is 190 Å². The van der Waals surface area contributed by atoms with Crippen molar-refractivity contribution in [1.82, 2.24) is 0 Å². The summed E-state index contributed by atoms with van der Waals surface area (Å²) in [6.07, 6.45) is 3.78. The summed E-state index contributed by atoms with van der Waals surface area (Å²) in [5.74, 6) is 2.96. The van der Waals surface area contributed by atoms with E-state index in [0.717, 1.165) is 60.7 Å². The summed E-state index contributed by atoms with van der Waals surface area (Å²) in [5, 5.41) is 0. The maximum Gasteiger partial charge on any atom is 0.250 e. The molecule has 0 N–H and O–H groups in total. The fourth-order valence-electron chi connectivity index (χ4n) is 5.52. The SMILES string of the molecule is C=C(C)[C@H]1CC(O[Si](CC)(CC)CC)=C(C)[C@H](C2CCc3cc(OC)ccc3C2=O)C1. The molecular formula is C27H40O3Si. The van der Waals surface area contributed by atoms with E-state index in [1.165, 1.54) is 16.9 Å². The third-order valence-electron chi connectivity index (χ3n) is 8.06. The van der Waals surface area contributed by atoms with Gasteiger partial charge in [-0.15, -0.1) is 0 Å². The molecule has 3 atom stereocenters.